The van der Waals surface area contributed by atoms with Crippen molar-refractivity contribution in [2.24, 2.45) is 5.92 Å². The fourth-order valence-electron chi connectivity index (χ4n) is 3.45. The van der Waals surface area contributed by atoms with Gasteiger partial charge in [-0.25, -0.2) is 0 Å². The van der Waals surface area contributed by atoms with Crippen molar-refractivity contribution in [3.63, 3.8) is 0 Å². The lowest BCUT2D eigenvalue weighted by atomic mass is 10.1. The van der Waals surface area contributed by atoms with E-state index in [9.17, 15) is 4.79 Å². The number of nitrogens with zero attached hydrogens (tertiary/aromatic N) is 4. The Morgan fingerprint density at radius 2 is 2.33 bits per heavy atom. The Kier molecular flexibility index (Phi) is 3.88. The molecule has 4 rings (SSSR count). The molecule has 2 aromatic rings. The van der Waals surface area contributed by atoms with Gasteiger partial charge < -0.3 is 10.2 Å². The van der Waals surface area contributed by atoms with Gasteiger partial charge in [0.2, 0.25) is 5.91 Å². The van der Waals surface area contributed by atoms with E-state index in [1.54, 1.807) is 6.20 Å². The van der Waals surface area contributed by atoms with Crippen LogP contribution in [0.5, 0.6) is 0 Å². The summed E-state index contributed by atoms with van der Waals surface area (Å²) in [5.74, 6) is 1.49. The Balaban J connectivity index is 1.45. The van der Waals surface area contributed by atoms with E-state index in [1.165, 1.54) is 5.56 Å². The maximum absolute atomic E-state index is 12.8. The van der Waals surface area contributed by atoms with E-state index in [1.807, 2.05) is 30.2 Å². The highest BCUT2D eigenvalue weighted by atomic mass is 16.2. The van der Waals surface area contributed by atoms with Crippen LogP contribution in [0.2, 0.25) is 0 Å². The quantitative estimate of drug-likeness (QED) is 0.932. The summed E-state index contributed by atoms with van der Waals surface area (Å²) in [5.41, 5.74) is 3.30. The van der Waals surface area contributed by atoms with E-state index in [4.69, 9.17) is 0 Å². The van der Waals surface area contributed by atoms with E-state index in [2.05, 4.69) is 26.6 Å². The molecular formula is C18H21N5O. The summed E-state index contributed by atoms with van der Waals surface area (Å²) in [6.45, 7) is 4.21. The molecule has 2 aromatic heterocycles. The third kappa shape index (κ3) is 2.84. The minimum atomic E-state index is 0.110. The van der Waals surface area contributed by atoms with Gasteiger partial charge in [0.1, 0.15) is 5.82 Å². The number of anilines is 1. The molecule has 1 N–H and O–H groups in total. The lowest BCUT2D eigenvalue weighted by Crippen LogP contribution is -2.37. The van der Waals surface area contributed by atoms with Gasteiger partial charge in [0.15, 0.2) is 0 Å². The molecule has 6 heteroatoms. The predicted octanol–water partition coefficient (Wildman–Crippen LogP) is 1.99. The van der Waals surface area contributed by atoms with E-state index >= 15 is 0 Å². The Labute approximate surface area is 141 Å². The number of carbonyl (C=O) groups excluding carboxylic acids is 1. The van der Waals surface area contributed by atoms with Crippen LogP contribution in [-0.4, -0.2) is 39.1 Å². The van der Waals surface area contributed by atoms with E-state index in [-0.39, 0.29) is 11.8 Å². The van der Waals surface area contributed by atoms with Gasteiger partial charge in [0, 0.05) is 44.4 Å². The first-order valence-corrected chi connectivity index (χ1v) is 8.54. The van der Waals surface area contributed by atoms with Gasteiger partial charge in [0.25, 0.3) is 0 Å². The second kappa shape index (κ2) is 6.19. The van der Waals surface area contributed by atoms with Crippen molar-refractivity contribution < 1.29 is 4.79 Å². The Bertz CT molecular complexity index is 748. The summed E-state index contributed by atoms with van der Waals surface area (Å²) in [6.07, 6.45) is 5.37. The van der Waals surface area contributed by atoms with E-state index in [0.29, 0.717) is 12.5 Å². The van der Waals surface area contributed by atoms with Crippen LogP contribution in [-0.2, 0) is 17.8 Å². The number of carbonyl (C=O) groups is 1. The maximum Gasteiger partial charge on any atom is 0.226 e. The fraction of sp³-hybridized carbons (Fsp3) is 0.444. The Morgan fingerprint density at radius 3 is 3.12 bits per heavy atom. The van der Waals surface area contributed by atoms with Crippen LogP contribution in [0.25, 0.3) is 0 Å². The molecular weight excluding hydrogens is 302 g/mol. The van der Waals surface area contributed by atoms with Crippen molar-refractivity contribution in [2.75, 3.05) is 18.4 Å². The normalized spacial score (nSPS) is 22.0. The molecule has 0 unspecified atom stereocenters. The summed E-state index contributed by atoms with van der Waals surface area (Å²) in [7, 11) is 0. The van der Waals surface area contributed by atoms with Crippen LogP contribution in [0.1, 0.15) is 36.1 Å². The second-order valence-electron chi connectivity index (χ2n) is 6.48. The molecule has 1 fully saturated rings. The van der Waals surface area contributed by atoms with Crippen LogP contribution < -0.4 is 5.32 Å². The first-order valence-electron chi connectivity index (χ1n) is 8.54. The van der Waals surface area contributed by atoms with Crippen LogP contribution in [0.15, 0.2) is 30.6 Å². The highest BCUT2D eigenvalue weighted by Gasteiger charge is 2.46. The van der Waals surface area contributed by atoms with Crippen molar-refractivity contribution in [1.82, 2.24) is 20.1 Å². The molecule has 0 saturated heterocycles. The van der Waals surface area contributed by atoms with Crippen LogP contribution in [0.3, 0.4) is 0 Å². The van der Waals surface area contributed by atoms with Crippen LogP contribution in [0.4, 0.5) is 5.82 Å². The number of hydrogen-bond acceptors (Lipinski definition) is 5. The highest BCUT2D eigenvalue weighted by molar-refractivity contribution is 5.83. The van der Waals surface area contributed by atoms with E-state index in [0.717, 1.165) is 43.0 Å². The van der Waals surface area contributed by atoms with Gasteiger partial charge in [-0.3, -0.25) is 9.78 Å². The first kappa shape index (κ1) is 15.1. The van der Waals surface area contributed by atoms with Crippen molar-refractivity contribution in [3.05, 3.63) is 47.4 Å². The predicted molar refractivity (Wildman–Crippen MR) is 90.4 cm³/mol. The van der Waals surface area contributed by atoms with Gasteiger partial charge in [-0.05, 0) is 42.5 Å². The van der Waals surface area contributed by atoms with Crippen molar-refractivity contribution in [1.29, 1.82) is 0 Å². The first-order chi connectivity index (χ1) is 11.8. The number of amides is 1. The minimum Gasteiger partial charge on any atom is -0.369 e. The third-order valence-corrected chi connectivity index (χ3v) is 4.83. The SMILES string of the molecule is CCNc1cc2c(nn1)CCN(C(=O)[C@@H]1C[C@@H]1c1cccnc1)C2. The Morgan fingerprint density at radius 1 is 1.42 bits per heavy atom. The number of nitrogens with one attached hydrogen (secondary N) is 1. The largest absolute Gasteiger partial charge is 0.369 e. The topological polar surface area (TPSA) is 71.0 Å². The second-order valence-corrected chi connectivity index (χ2v) is 6.48. The lowest BCUT2D eigenvalue weighted by Gasteiger charge is -2.28. The van der Waals surface area contributed by atoms with Gasteiger partial charge in [-0.1, -0.05) is 6.07 Å². The molecule has 24 heavy (non-hydrogen) atoms. The van der Waals surface area contributed by atoms with Crippen molar-refractivity contribution in [2.45, 2.75) is 32.2 Å². The highest BCUT2D eigenvalue weighted by Crippen LogP contribution is 2.48. The lowest BCUT2D eigenvalue weighted by molar-refractivity contribution is -0.133. The molecule has 0 bridgehead atoms. The fourth-order valence-corrected chi connectivity index (χ4v) is 3.45. The summed E-state index contributed by atoms with van der Waals surface area (Å²) in [5, 5.41) is 11.7. The summed E-state index contributed by atoms with van der Waals surface area (Å²) in [4.78, 5) is 19.0. The molecule has 1 aliphatic carbocycles. The zero-order valence-corrected chi connectivity index (χ0v) is 13.8. The molecule has 6 nitrogen and oxygen atoms in total. The Hall–Kier alpha value is -2.50. The summed E-state index contributed by atoms with van der Waals surface area (Å²) >= 11 is 0. The monoisotopic (exact) mass is 323 g/mol. The zero-order chi connectivity index (χ0) is 16.5. The smallest absolute Gasteiger partial charge is 0.226 e. The third-order valence-electron chi connectivity index (χ3n) is 4.83. The van der Waals surface area contributed by atoms with Gasteiger partial charge in [-0.2, -0.15) is 5.10 Å². The average molecular weight is 323 g/mol. The van der Waals surface area contributed by atoms with Crippen molar-refractivity contribution >= 4 is 11.7 Å². The van der Waals surface area contributed by atoms with Gasteiger partial charge in [-0.15, -0.1) is 5.10 Å². The number of fused-ring (bicyclic) bond motifs is 1. The van der Waals surface area contributed by atoms with Gasteiger partial charge in [0.05, 0.1) is 5.69 Å². The number of rotatable bonds is 4. The molecule has 1 saturated carbocycles. The zero-order valence-electron chi connectivity index (χ0n) is 13.8. The number of hydrogen-bond donors (Lipinski definition) is 1. The molecule has 2 atom stereocenters. The van der Waals surface area contributed by atoms with Crippen LogP contribution >= 0.6 is 0 Å². The summed E-state index contributed by atoms with van der Waals surface area (Å²) < 4.78 is 0. The maximum atomic E-state index is 12.8. The van der Waals surface area contributed by atoms with Crippen LogP contribution in [0, 0.1) is 5.92 Å². The molecule has 0 spiro atoms. The molecule has 0 aromatic carbocycles. The molecule has 1 amide bonds. The van der Waals surface area contributed by atoms with Gasteiger partial charge >= 0.3 is 0 Å². The standard InChI is InChI=1S/C18H21N5O/c1-2-20-17-8-13-11-23(7-5-16(13)21-22-17)18(24)15-9-14(15)12-4-3-6-19-10-12/h3-4,6,8,10,14-15H,2,5,7,9,11H2,1H3,(H,20,22)/t14-,15-/m1/s1. The molecule has 0 radical (unpaired) electrons. The van der Waals surface area contributed by atoms with Crippen molar-refractivity contribution in [3.8, 4) is 0 Å². The number of pyridine rings is 1. The average Bonchev–Trinajstić information content (AvgIpc) is 3.42. The molecule has 124 valence electrons. The molecule has 1 aliphatic heterocycles. The van der Waals surface area contributed by atoms with E-state index < -0.39 is 0 Å². The molecule has 2 aliphatic rings. The number of aromatic nitrogens is 3. The minimum absolute atomic E-state index is 0.110. The molecule has 3 heterocycles. The summed E-state index contributed by atoms with van der Waals surface area (Å²) in [6, 6.07) is 6.03.